The second kappa shape index (κ2) is 8.42. The van der Waals surface area contributed by atoms with Gasteiger partial charge in [0.15, 0.2) is 0 Å². The van der Waals surface area contributed by atoms with E-state index in [2.05, 4.69) is 15.2 Å². The molecule has 0 saturated carbocycles. The lowest BCUT2D eigenvalue weighted by molar-refractivity contribution is -0.133. The van der Waals surface area contributed by atoms with Crippen molar-refractivity contribution in [2.45, 2.75) is 19.5 Å². The number of carbonyl (C=O) groups is 1. The normalized spacial score (nSPS) is 18.0. The van der Waals surface area contributed by atoms with Crippen LogP contribution in [0.15, 0.2) is 36.7 Å². The molecule has 1 saturated heterocycles. The molecule has 140 valence electrons. The van der Waals surface area contributed by atoms with Crippen LogP contribution in [0.2, 0.25) is 0 Å². The highest BCUT2D eigenvalue weighted by Crippen LogP contribution is 2.20. The number of aromatic nitrogens is 2. The number of imidazole rings is 1. The molecule has 3 rings (SSSR count). The number of nitrogens with one attached hydrogen (secondary N) is 1. The number of rotatable bonds is 6. The highest BCUT2D eigenvalue weighted by molar-refractivity contribution is 5.78. The summed E-state index contributed by atoms with van der Waals surface area (Å²) in [6, 6.07) is 6.49. The summed E-state index contributed by atoms with van der Waals surface area (Å²) < 4.78 is 15.4. The maximum absolute atomic E-state index is 13.4. The van der Waals surface area contributed by atoms with Gasteiger partial charge in [-0.15, -0.1) is 0 Å². The Hall–Kier alpha value is -2.25. The van der Waals surface area contributed by atoms with Crippen molar-refractivity contribution < 1.29 is 9.18 Å². The van der Waals surface area contributed by atoms with Crippen molar-refractivity contribution in [2.75, 3.05) is 32.7 Å². The van der Waals surface area contributed by atoms with Crippen molar-refractivity contribution in [3.63, 3.8) is 0 Å². The van der Waals surface area contributed by atoms with Crippen LogP contribution in [0.3, 0.4) is 0 Å². The smallest absolute Gasteiger partial charge is 0.237 e. The minimum Gasteiger partial charge on any atom is -0.338 e. The molecule has 1 aromatic heterocycles. The fraction of sp³-hybridized carbons (Fsp3) is 0.474. The van der Waals surface area contributed by atoms with E-state index in [1.165, 1.54) is 12.1 Å². The molecule has 7 heteroatoms. The van der Waals surface area contributed by atoms with Gasteiger partial charge in [-0.3, -0.25) is 9.69 Å². The van der Waals surface area contributed by atoms with E-state index in [-0.39, 0.29) is 17.8 Å². The fourth-order valence-corrected chi connectivity index (χ4v) is 3.39. The lowest BCUT2D eigenvalue weighted by Crippen LogP contribution is -2.50. The zero-order valence-corrected chi connectivity index (χ0v) is 15.4. The monoisotopic (exact) mass is 359 g/mol. The molecule has 1 aliphatic rings. The van der Waals surface area contributed by atoms with Crippen LogP contribution in [0.1, 0.15) is 24.4 Å². The van der Waals surface area contributed by atoms with Gasteiger partial charge in [-0.1, -0.05) is 12.1 Å². The predicted octanol–water partition coefficient (Wildman–Crippen LogP) is 1.55. The second-order valence-corrected chi connectivity index (χ2v) is 6.62. The lowest BCUT2D eigenvalue weighted by Gasteiger charge is -2.36. The van der Waals surface area contributed by atoms with E-state index in [1.54, 1.807) is 17.2 Å². The van der Waals surface area contributed by atoms with Gasteiger partial charge >= 0.3 is 0 Å². The number of nitrogens with zero attached hydrogens (tertiary/aromatic N) is 4. The Kier molecular flexibility index (Phi) is 6.00. The molecule has 1 amide bonds. The summed E-state index contributed by atoms with van der Waals surface area (Å²) in [5, 5.41) is 3.38. The van der Waals surface area contributed by atoms with Gasteiger partial charge in [0.05, 0.1) is 12.6 Å². The van der Waals surface area contributed by atoms with Gasteiger partial charge in [0.1, 0.15) is 11.6 Å². The Labute approximate surface area is 153 Å². The predicted molar refractivity (Wildman–Crippen MR) is 97.9 cm³/mol. The van der Waals surface area contributed by atoms with Crippen molar-refractivity contribution >= 4 is 5.91 Å². The fourth-order valence-electron chi connectivity index (χ4n) is 3.39. The standard InChI is InChI=1S/C19H26FN5O/c1-3-24(13-15-5-4-6-16(20)11-15)18(26)14-25-10-7-21-12-17(25)19-22-8-9-23(19)2/h4-6,8-9,11,17,21H,3,7,10,12-14H2,1-2H3. The molecular formula is C19H26FN5O. The van der Waals surface area contributed by atoms with Gasteiger partial charge in [0, 0.05) is 52.2 Å². The average molecular weight is 359 g/mol. The molecule has 1 N–H and O–H groups in total. The van der Waals surface area contributed by atoms with E-state index in [0.717, 1.165) is 31.0 Å². The molecule has 2 heterocycles. The zero-order chi connectivity index (χ0) is 18.5. The molecule has 0 radical (unpaired) electrons. The summed E-state index contributed by atoms with van der Waals surface area (Å²) in [4.78, 5) is 21.3. The first-order valence-electron chi connectivity index (χ1n) is 9.02. The highest BCUT2D eigenvalue weighted by atomic mass is 19.1. The maximum Gasteiger partial charge on any atom is 0.237 e. The van der Waals surface area contributed by atoms with E-state index in [1.807, 2.05) is 30.8 Å². The van der Waals surface area contributed by atoms with E-state index in [4.69, 9.17) is 0 Å². The number of carbonyl (C=O) groups excluding carboxylic acids is 1. The van der Waals surface area contributed by atoms with E-state index >= 15 is 0 Å². The van der Waals surface area contributed by atoms with Crippen molar-refractivity contribution in [1.29, 1.82) is 0 Å². The molecule has 1 fully saturated rings. The molecule has 1 atom stereocenters. The number of halogens is 1. The molecule has 2 aromatic rings. The third kappa shape index (κ3) is 4.28. The molecule has 1 aromatic carbocycles. The summed E-state index contributed by atoms with van der Waals surface area (Å²) in [5.41, 5.74) is 0.807. The van der Waals surface area contributed by atoms with Gasteiger partial charge in [-0.25, -0.2) is 9.37 Å². The quantitative estimate of drug-likeness (QED) is 0.850. The largest absolute Gasteiger partial charge is 0.338 e. The molecule has 1 aliphatic heterocycles. The number of benzene rings is 1. The molecule has 26 heavy (non-hydrogen) atoms. The van der Waals surface area contributed by atoms with Crippen LogP contribution in [0.5, 0.6) is 0 Å². The van der Waals surface area contributed by atoms with Crippen LogP contribution < -0.4 is 5.32 Å². The molecule has 1 unspecified atom stereocenters. The van der Waals surface area contributed by atoms with Crippen molar-refractivity contribution in [3.8, 4) is 0 Å². The van der Waals surface area contributed by atoms with Crippen LogP contribution in [0.4, 0.5) is 4.39 Å². The van der Waals surface area contributed by atoms with Crippen LogP contribution >= 0.6 is 0 Å². The summed E-state index contributed by atoms with van der Waals surface area (Å²) in [6.45, 7) is 5.72. The van der Waals surface area contributed by atoms with Crippen LogP contribution in [-0.2, 0) is 18.4 Å². The van der Waals surface area contributed by atoms with Gasteiger partial charge in [0.2, 0.25) is 5.91 Å². The molecular weight excluding hydrogens is 333 g/mol. The Morgan fingerprint density at radius 2 is 2.31 bits per heavy atom. The molecule has 6 nitrogen and oxygen atoms in total. The zero-order valence-electron chi connectivity index (χ0n) is 15.4. The SMILES string of the molecule is CCN(Cc1cccc(F)c1)C(=O)CN1CCNCC1c1nccn1C. The third-order valence-electron chi connectivity index (χ3n) is 4.85. The Morgan fingerprint density at radius 3 is 3.00 bits per heavy atom. The van der Waals surface area contributed by atoms with E-state index in [9.17, 15) is 9.18 Å². The van der Waals surface area contributed by atoms with Crippen molar-refractivity contribution in [1.82, 2.24) is 24.7 Å². The summed E-state index contributed by atoms with van der Waals surface area (Å²) in [6.07, 6.45) is 3.71. The Bertz CT molecular complexity index is 747. The average Bonchev–Trinajstić information content (AvgIpc) is 3.06. The number of hydrogen-bond donors (Lipinski definition) is 1. The summed E-state index contributed by atoms with van der Waals surface area (Å²) in [7, 11) is 1.97. The number of likely N-dealkylation sites (N-methyl/N-ethyl adjacent to an activating group) is 1. The minimum atomic E-state index is -0.275. The van der Waals surface area contributed by atoms with E-state index < -0.39 is 0 Å². The van der Waals surface area contributed by atoms with Crippen molar-refractivity contribution in [2.24, 2.45) is 7.05 Å². The molecule has 0 spiro atoms. The maximum atomic E-state index is 13.4. The van der Waals surface area contributed by atoms with Gasteiger partial charge in [-0.05, 0) is 24.6 Å². The summed E-state index contributed by atoms with van der Waals surface area (Å²) >= 11 is 0. The first-order chi connectivity index (χ1) is 12.6. The number of amides is 1. The number of aryl methyl sites for hydroxylation is 1. The first kappa shape index (κ1) is 18.5. The van der Waals surface area contributed by atoms with E-state index in [0.29, 0.717) is 19.6 Å². The minimum absolute atomic E-state index is 0.0536. The molecule has 0 aliphatic carbocycles. The lowest BCUT2D eigenvalue weighted by atomic mass is 10.1. The highest BCUT2D eigenvalue weighted by Gasteiger charge is 2.29. The molecule has 0 bridgehead atoms. The first-order valence-corrected chi connectivity index (χ1v) is 9.02. The van der Waals surface area contributed by atoms with Crippen molar-refractivity contribution in [3.05, 3.63) is 53.9 Å². The van der Waals surface area contributed by atoms with Crippen LogP contribution in [-0.4, -0.2) is 58.0 Å². The second-order valence-electron chi connectivity index (χ2n) is 6.62. The third-order valence-corrected chi connectivity index (χ3v) is 4.85. The van der Waals surface area contributed by atoms with Crippen LogP contribution in [0, 0.1) is 5.82 Å². The Balaban J connectivity index is 1.68. The topological polar surface area (TPSA) is 53.4 Å². The number of hydrogen-bond acceptors (Lipinski definition) is 4. The van der Waals surface area contributed by atoms with Crippen LogP contribution in [0.25, 0.3) is 0 Å². The Morgan fingerprint density at radius 1 is 1.46 bits per heavy atom. The summed E-state index contributed by atoms with van der Waals surface area (Å²) in [5.74, 6) is 0.735. The number of piperazine rings is 1. The van der Waals surface area contributed by atoms with Gasteiger partial charge in [0.25, 0.3) is 0 Å². The van der Waals surface area contributed by atoms with Gasteiger partial charge < -0.3 is 14.8 Å². The van der Waals surface area contributed by atoms with Gasteiger partial charge in [-0.2, -0.15) is 0 Å².